The summed E-state index contributed by atoms with van der Waals surface area (Å²) >= 11 is 6.56. The lowest BCUT2D eigenvalue weighted by atomic mass is 9.87. The van der Waals surface area contributed by atoms with Crippen LogP contribution in [-0.2, 0) is 4.79 Å². The van der Waals surface area contributed by atoms with Crippen molar-refractivity contribution in [2.24, 2.45) is 5.92 Å². The number of pyridine rings is 1. The van der Waals surface area contributed by atoms with Crippen LogP contribution in [0.4, 0.5) is 5.82 Å². The molecule has 1 saturated heterocycles. The van der Waals surface area contributed by atoms with Crippen LogP contribution < -0.4 is 10.9 Å². The van der Waals surface area contributed by atoms with E-state index in [1.54, 1.807) is 21.6 Å². The molecule has 2 aromatic heterocycles. The summed E-state index contributed by atoms with van der Waals surface area (Å²) in [5, 5.41) is 3.51. The van der Waals surface area contributed by atoms with Gasteiger partial charge in [0.05, 0.1) is 10.5 Å². The summed E-state index contributed by atoms with van der Waals surface area (Å²) in [5.41, 5.74) is 1.79. The summed E-state index contributed by atoms with van der Waals surface area (Å²) in [6.07, 6.45) is 7.86. The van der Waals surface area contributed by atoms with Crippen LogP contribution in [0.3, 0.4) is 0 Å². The number of amides is 1. The fourth-order valence-corrected chi connectivity index (χ4v) is 5.37. The predicted molar refractivity (Wildman–Crippen MR) is 127 cm³/mol. The number of fused-ring (bicyclic) bond motifs is 1. The van der Waals surface area contributed by atoms with Crippen molar-refractivity contribution < 1.29 is 4.79 Å². The van der Waals surface area contributed by atoms with E-state index in [9.17, 15) is 9.59 Å². The highest BCUT2D eigenvalue weighted by Gasteiger charge is 2.31. The molecule has 0 unspecified atom stereocenters. The largest absolute Gasteiger partial charge is 0.367 e. The lowest BCUT2D eigenvalue weighted by Crippen LogP contribution is -2.29. The second kappa shape index (κ2) is 8.51. The van der Waals surface area contributed by atoms with Crippen LogP contribution in [-0.4, -0.2) is 37.1 Å². The topological polar surface area (TPSA) is 66.7 Å². The van der Waals surface area contributed by atoms with Crippen LogP contribution in [0, 0.1) is 12.8 Å². The van der Waals surface area contributed by atoms with Gasteiger partial charge in [0.2, 0.25) is 0 Å². The summed E-state index contributed by atoms with van der Waals surface area (Å²) in [4.78, 5) is 32.9. The van der Waals surface area contributed by atoms with Gasteiger partial charge < -0.3 is 5.32 Å². The number of likely N-dealkylation sites (N-methyl/N-ethyl adjacent to an activating group) is 1. The Kier molecular flexibility index (Phi) is 5.97. The molecule has 1 saturated carbocycles. The zero-order valence-corrected chi connectivity index (χ0v) is 19.1. The number of rotatable bonds is 4. The number of carbonyl (C=O) groups is 1. The summed E-state index contributed by atoms with van der Waals surface area (Å²) in [7, 11) is 0. The molecular formula is C22H26N4O2S2. The molecule has 1 N–H and O–H groups in total. The monoisotopic (exact) mass is 442 g/mol. The normalized spacial score (nSPS) is 23.6. The average Bonchev–Trinajstić information content (AvgIpc) is 2.99. The van der Waals surface area contributed by atoms with Crippen molar-refractivity contribution in [3.8, 4) is 0 Å². The Morgan fingerprint density at radius 3 is 2.67 bits per heavy atom. The molecule has 2 aliphatic rings. The molecule has 3 heterocycles. The van der Waals surface area contributed by atoms with Gasteiger partial charge in [-0.15, -0.1) is 0 Å². The molecule has 0 atom stereocenters. The fourth-order valence-electron chi connectivity index (χ4n) is 4.00. The number of hydrogen-bond acceptors (Lipinski definition) is 6. The second-order valence-corrected chi connectivity index (χ2v) is 9.82. The van der Waals surface area contributed by atoms with Crippen LogP contribution in [0.25, 0.3) is 11.7 Å². The van der Waals surface area contributed by atoms with Gasteiger partial charge in [-0.05, 0) is 63.2 Å². The minimum Gasteiger partial charge on any atom is -0.367 e. The molecule has 6 nitrogen and oxygen atoms in total. The summed E-state index contributed by atoms with van der Waals surface area (Å²) in [6.45, 7) is 6.62. The highest BCUT2D eigenvalue weighted by molar-refractivity contribution is 8.26. The third kappa shape index (κ3) is 4.03. The van der Waals surface area contributed by atoms with Crippen LogP contribution >= 0.6 is 24.0 Å². The predicted octanol–water partition coefficient (Wildman–Crippen LogP) is 4.21. The van der Waals surface area contributed by atoms with Gasteiger partial charge >= 0.3 is 0 Å². The van der Waals surface area contributed by atoms with E-state index in [0.29, 0.717) is 32.8 Å². The number of nitrogens with zero attached hydrogens (tertiary/aromatic N) is 3. The molecule has 30 heavy (non-hydrogen) atoms. The Balaban J connectivity index is 1.80. The molecule has 8 heteroatoms. The number of aryl methyl sites for hydroxylation is 1. The van der Waals surface area contributed by atoms with Gasteiger partial charge in [0.15, 0.2) is 0 Å². The fraction of sp³-hybridized carbons (Fsp3) is 0.455. The quantitative estimate of drug-likeness (QED) is 0.565. The number of thioether (sulfide) groups is 1. The molecule has 0 aromatic carbocycles. The van der Waals surface area contributed by atoms with Crippen LogP contribution in [0.5, 0.6) is 0 Å². The molecule has 2 fully saturated rings. The molecule has 1 aliphatic heterocycles. The third-order valence-electron chi connectivity index (χ3n) is 5.83. The van der Waals surface area contributed by atoms with E-state index in [4.69, 9.17) is 17.2 Å². The number of anilines is 1. The van der Waals surface area contributed by atoms with Crippen LogP contribution in [0.15, 0.2) is 28.0 Å². The van der Waals surface area contributed by atoms with Gasteiger partial charge in [-0.3, -0.25) is 18.9 Å². The molecule has 0 spiro atoms. The maximum Gasteiger partial charge on any atom is 0.267 e. The first kappa shape index (κ1) is 21.1. The van der Waals surface area contributed by atoms with Gasteiger partial charge in [0, 0.05) is 18.8 Å². The number of nitrogens with one attached hydrogen (secondary N) is 1. The smallest absolute Gasteiger partial charge is 0.267 e. The second-order valence-electron chi connectivity index (χ2n) is 8.14. The van der Waals surface area contributed by atoms with E-state index in [1.807, 2.05) is 26.0 Å². The zero-order chi connectivity index (χ0) is 21.4. The van der Waals surface area contributed by atoms with Crippen molar-refractivity contribution in [2.45, 2.75) is 52.5 Å². The van der Waals surface area contributed by atoms with Crippen molar-refractivity contribution in [3.05, 3.63) is 44.7 Å². The molecule has 4 rings (SSSR count). The first-order valence-electron chi connectivity index (χ1n) is 10.4. The van der Waals surface area contributed by atoms with E-state index < -0.39 is 0 Å². The van der Waals surface area contributed by atoms with Crippen molar-refractivity contribution in [3.63, 3.8) is 0 Å². The Labute approximate surface area is 185 Å². The Morgan fingerprint density at radius 1 is 1.27 bits per heavy atom. The minimum absolute atomic E-state index is 0.154. The molecule has 0 radical (unpaired) electrons. The lowest BCUT2D eigenvalue weighted by molar-refractivity contribution is -0.121. The molecular weight excluding hydrogens is 416 g/mol. The zero-order valence-electron chi connectivity index (χ0n) is 17.5. The third-order valence-corrected chi connectivity index (χ3v) is 7.21. The highest BCUT2D eigenvalue weighted by Crippen LogP contribution is 2.33. The molecule has 2 aromatic rings. The van der Waals surface area contributed by atoms with E-state index in [0.717, 1.165) is 37.2 Å². The summed E-state index contributed by atoms with van der Waals surface area (Å²) in [5.74, 6) is 1.13. The van der Waals surface area contributed by atoms with Gasteiger partial charge in [0.25, 0.3) is 11.5 Å². The minimum atomic E-state index is -0.183. The van der Waals surface area contributed by atoms with Crippen LogP contribution in [0.2, 0.25) is 0 Å². The SMILES string of the molecule is CCN1C(=O)/C(=C\c2c(NC3CCC(C)CC3)nc3ccc(C)cn3c2=O)SC1=S. The summed E-state index contributed by atoms with van der Waals surface area (Å²) in [6, 6.07) is 4.07. The first-order chi connectivity index (χ1) is 14.4. The lowest BCUT2D eigenvalue weighted by Gasteiger charge is -2.27. The van der Waals surface area contributed by atoms with Gasteiger partial charge in [-0.1, -0.05) is 37.0 Å². The van der Waals surface area contributed by atoms with Gasteiger partial charge in [0.1, 0.15) is 15.8 Å². The first-order valence-corrected chi connectivity index (χ1v) is 11.6. The Morgan fingerprint density at radius 2 is 2.00 bits per heavy atom. The number of hydrogen-bond donors (Lipinski definition) is 1. The van der Waals surface area contributed by atoms with Crippen molar-refractivity contribution in [1.29, 1.82) is 0 Å². The molecule has 158 valence electrons. The van der Waals surface area contributed by atoms with Crippen LogP contribution in [0.1, 0.15) is 50.7 Å². The van der Waals surface area contributed by atoms with Crippen molar-refractivity contribution >= 4 is 51.7 Å². The van der Waals surface area contributed by atoms with E-state index in [1.165, 1.54) is 11.8 Å². The average molecular weight is 443 g/mol. The maximum atomic E-state index is 13.4. The van der Waals surface area contributed by atoms with E-state index >= 15 is 0 Å². The molecule has 0 bridgehead atoms. The van der Waals surface area contributed by atoms with E-state index in [2.05, 4.69) is 12.2 Å². The number of aromatic nitrogens is 2. The van der Waals surface area contributed by atoms with E-state index in [-0.39, 0.29) is 17.5 Å². The summed E-state index contributed by atoms with van der Waals surface area (Å²) < 4.78 is 2.07. The van der Waals surface area contributed by atoms with Crippen molar-refractivity contribution in [2.75, 3.05) is 11.9 Å². The standard InChI is InChI=1S/C22H26N4O2S2/c1-4-25-21(28)17(30-22(25)29)11-16-19(23-15-8-5-13(2)6-9-15)24-18-10-7-14(3)12-26(18)20(16)27/h7,10-13,15,23H,4-6,8-9H2,1-3H3/b17-11+. The number of thiocarbonyl (C=S) groups is 1. The van der Waals surface area contributed by atoms with Crippen molar-refractivity contribution in [1.82, 2.24) is 14.3 Å². The molecule has 1 amide bonds. The maximum absolute atomic E-state index is 13.4. The highest BCUT2D eigenvalue weighted by atomic mass is 32.2. The van der Waals surface area contributed by atoms with Gasteiger partial charge in [-0.2, -0.15) is 0 Å². The Bertz CT molecular complexity index is 1100. The van der Waals surface area contributed by atoms with Gasteiger partial charge in [-0.25, -0.2) is 4.98 Å². The Hall–Kier alpha value is -2.19. The number of carbonyl (C=O) groups excluding carboxylic acids is 1. The molecule has 1 aliphatic carbocycles.